The van der Waals surface area contributed by atoms with E-state index in [1.54, 1.807) is 24.8 Å². The fourth-order valence-electron chi connectivity index (χ4n) is 3.89. The number of hydrogen-bond acceptors (Lipinski definition) is 8. The molecule has 0 unspecified atom stereocenters. The summed E-state index contributed by atoms with van der Waals surface area (Å²) in [5, 5.41) is 20.8. The normalized spacial score (nSPS) is 10.0. The molecule has 9 nitrogen and oxygen atoms in total. The van der Waals surface area contributed by atoms with Crippen molar-refractivity contribution >= 4 is 5.97 Å². The fraction of sp³-hybridized carbons (Fsp3) is 0.344. The van der Waals surface area contributed by atoms with Crippen molar-refractivity contribution in [1.29, 1.82) is 0 Å². The molecule has 0 aromatic carbocycles. The van der Waals surface area contributed by atoms with Gasteiger partial charge in [0.2, 0.25) is 0 Å². The molecule has 1 N–H and O–H groups in total. The van der Waals surface area contributed by atoms with Gasteiger partial charge in [0.05, 0.1) is 22.8 Å². The van der Waals surface area contributed by atoms with Crippen LogP contribution in [0.5, 0.6) is 0 Å². The standard InChI is InChI=1S/C27H29N6O.C3H8.C2H4O2.2Zn/c34-27(21-32(17-23-9-1-5-13-28-23)18-24-10-2-6-14-29-24)22-33(19-25-11-3-7-15-30-25)20-26-12-4-8-16-31-26;1-3-2;1-2(3)4;;/h1-16,27H,17-22H2;3H2,1-2H3;1H3,(H,3,4);;/q-1;;;2*+2. The van der Waals surface area contributed by atoms with Crippen LogP contribution in [0.2, 0.25) is 0 Å². The SMILES string of the molecule is CC(=O)O.CCC.[O-]C(CN(Cc1ccccn1)Cc1ccccn1)CN(Cc1ccccn1)Cc1ccccn1.[Zn+2].[Zn+2]. The van der Waals surface area contributed by atoms with Gasteiger partial charge in [0.15, 0.2) is 0 Å². The molecule has 0 aliphatic carbocycles. The summed E-state index contributed by atoms with van der Waals surface area (Å²) in [5.41, 5.74) is 3.74. The monoisotopic (exact) mass is 685 g/mol. The van der Waals surface area contributed by atoms with Crippen molar-refractivity contribution in [3.8, 4) is 0 Å². The van der Waals surface area contributed by atoms with Crippen molar-refractivity contribution in [2.75, 3.05) is 13.1 Å². The van der Waals surface area contributed by atoms with E-state index in [9.17, 15) is 5.11 Å². The van der Waals surface area contributed by atoms with Crippen LogP contribution in [0.3, 0.4) is 0 Å². The largest absolute Gasteiger partial charge is 2.00 e. The number of carboxylic acids is 1. The Labute approximate surface area is 281 Å². The molecule has 0 bridgehead atoms. The van der Waals surface area contributed by atoms with Gasteiger partial charge in [-0.3, -0.25) is 34.5 Å². The molecule has 0 radical (unpaired) electrons. The Morgan fingerprint density at radius 1 is 0.651 bits per heavy atom. The summed E-state index contributed by atoms with van der Waals surface area (Å²) in [6, 6.07) is 23.4. The number of carbonyl (C=O) groups is 1. The molecule has 0 aliphatic heterocycles. The summed E-state index contributed by atoms with van der Waals surface area (Å²) >= 11 is 0. The zero-order valence-corrected chi connectivity index (χ0v) is 31.6. The maximum Gasteiger partial charge on any atom is 2.00 e. The predicted octanol–water partition coefficient (Wildman–Crippen LogP) is 4.20. The van der Waals surface area contributed by atoms with E-state index in [-0.39, 0.29) is 39.0 Å². The van der Waals surface area contributed by atoms with Gasteiger partial charge in [0, 0.05) is 57.9 Å². The average molecular weight is 688 g/mol. The van der Waals surface area contributed by atoms with Gasteiger partial charge in [-0.25, -0.2) is 0 Å². The smallest absolute Gasteiger partial charge is 0.850 e. The van der Waals surface area contributed by atoms with Crippen LogP contribution in [0.1, 0.15) is 50.0 Å². The van der Waals surface area contributed by atoms with E-state index in [0.29, 0.717) is 39.3 Å². The minimum atomic E-state index is -0.833. The van der Waals surface area contributed by atoms with Crippen molar-refractivity contribution in [2.45, 2.75) is 59.5 Å². The number of rotatable bonds is 12. The minimum Gasteiger partial charge on any atom is -0.850 e. The molecule has 0 saturated carbocycles. The van der Waals surface area contributed by atoms with Crippen LogP contribution in [0, 0.1) is 0 Å². The van der Waals surface area contributed by atoms with Gasteiger partial charge in [-0.05, 0) is 61.6 Å². The Morgan fingerprint density at radius 3 is 1.07 bits per heavy atom. The molecular formula is C32H41N6O3Zn2+3. The Kier molecular flexibility index (Phi) is 23.0. The molecule has 0 aliphatic rings. The van der Waals surface area contributed by atoms with E-state index in [1.807, 2.05) is 72.8 Å². The fourth-order valence-corrected chi connectivity index (χ4v) is 3.89. The summed E-state index contributed by atoms with van der Waals surface area (Å²) < 4.78 is 0. The Morgan fingerprint density at radius 2 is 0.884 bits per heavy atom. The van der Waals surface area contributed by atoms with Gasteiger partial charge < -0.3 is 10.2 Å². The molecule has 0 amide bonds. The maximum atomic E-state index is 13.3. The summed E-state index contributed by atoms with van der Waals surface area (Å²) in [6.07, 6.45) is 7.56. The topological polar surface area (TPSA) is 118 Å². The predicted molar refractivity (Wildman–Crippen MR) is 158 cm³/mol. The van der Waals surface area contributed by atoms with Crippen LogP contribution in [0.15, 0.2) is 97.6 Å². The first-order valence-electron chi connectivity index (χ1n) is 13.8. The Hall–Kier alpha value is -2.80. The minimum absolute atomic E-state index is 0. The van der Waals surface area contributed by atoms with Gasteiger partial charge in [0.1, 0.15) is 0 Å². The third-order valence-corrected chi connectivity index (χ3v) is 5.37. The van der Waals surface area contributed by atoms with Crippen LogP contribution in [-0.2, 0) is 69.9 Å². The number of aromatic nitrogens is 4. The molecular weight excluding hydrogens is 647 g/mol. The Bertz CT molecular complexity index is 1040. The van der Waals surface area contributed by atoms with Crippen molar-refractivity contribution in [1.82, 2.24) is 29.7 Å². The van der Waals surface area contributed by atoms with E-state index < -0.39 is 12.1 Å². The molecule has 0 spiro atoms. The van der Waals surface area contributed by atoms with Crippen LogP contribution in [0.4, 0.5) is 0 Å². The second-order valence-electron chi connectivity index (χ2n) is 9.47. The Balaban J connectivity index is 0.00000178. The maximum absolute atomic E-state index is 13.3. The van der Waals surface area contributed by atoms with Gasteiger partial charge in [-0.2, -0.15) is 0 Å². The second-order valence-corrected chi connectivity index (χ2v) is 9.47. The van der Waals surface area contributed by atoms with Crippen LogP contribution in [0.25, 0.3) is 0 Å². The van der Waals surface area contributed by atoms with E-state index in [2.05, 4.69) is 43.6 Å². The number of pyridine rings is 4. The second kappa shape index (κ2) is 24.6. The van der Waals surface area contributed by atoms with Crippen molar-refractivity contribution in [3.63, 3.8) is 0 Å². The number of nitrogens with zero attached hydrogens (tertiary/aromatic N) is 6. The third-order valence-electron chi connectivity index (χ3n) is 5.37. The van der Waals surface area contributed by atoms with E-state index in [0.717, 1.165) is 29.7 Å². The molecule has 4 heterocycles. The summed E-state index contributed by atoms with van der Waals surface area (Å²) in [7, 11) is 0. The average Bonchev–Trinajstić information content (AvgIpc) is 2.95. The molecule has 4 aromatic rings. The van der Waals surface area contributed by atoms with Crippen LogP contribution >= 0.6 is 0 Å². The van der Waals surface area contributed by atoms with Crippen LogP contribution in [-0.4, -0.2) is 60.0 Å². The molecule has 43 heavy (non-hydrogen) atoms. The van der Waals surface area contributed by atoms with Gasteiger partial charge in [-0.1, -0.05) is 44.5 Å². The third kappa shape index (κ3) is 19.2. The van der Waals surface area contributed by atoms with Gasteiger partial charge in [-0.15, -0.1) is 6.10 Å². The van der Waals surface area contributed by atoms with Gasteiger partial charge in [0.25, 0.3) is 5.97 Å². The molecule has 11 heteroatoms. The van der Waals surface area contributed by atoms with Crippen molar-refractivity contribution in [2.24, 2.45) is 0 Å². The molecule has 218 valence electrons. The first-order valence-corrected chi connectivity index (χ1v) is 13.8. The molecule has 0 atom stereocenters. The quantitative estimate of drug-likeness (QED) is 0.219. The first kappa shape index (κ1) is 40.2. The summed E-state index contributed by atoms with van der Waals surface area (Å²) in [4.78, 5) is 31.1. The van der Waals surface area contributed by atoms with E-state index in [4.69, 9.17) is 9.90 Å². The number of carboxylic acid groups (broad SMARTS) is 1. The molecule has 0 fully saturated rings. The van der Waals surface area contributed by atoms with Crippen LogP contribution < -0.4 is 5.11 Å². The zero-order valence-electron chi connectivity index (χ0n) is 25.6. The van der Waals surface area contributed by atoms with E-state index >= 15 is 0 Å². The summed E-state index contributed by atoms with van der Waals surface area (Å²) in [6.45, 7) is 8.47. The van der Waals surface area contributed by atoms with Crippen molar-refractivity contribution < 1.29 is 54.0 Å². The number of aliphatic carboxylic acids is 1. The summed E-state index contributed by atoms with van der Waals surface area (Å²) in [5.74, 6) is -0.833. The molecule has 4 aromatic heterocycles. The van der Waals surface area contributed by atoms with E-state index in [1.165, 1.54) is 6.42 Å². The number of hydrogen-bond donors (Lipinski definition) is 1. The first-order chi connectivity index (χ1) is 19.9. The zero-order chi connectivity index (χ0) is 29.7. The molecule has 4 rings (SSSR count). The molecule has 0 saturated heterocycles. The van der Waals surface area contributed by atoms with Crippen molar-refractivity contribution in [3.05, 3.63) is 120 Å². The van der Waals surface area contributed by atoms with Gasteiger partial charge >= 0.3 is 39.0 Å².